The molecule has 144 valence electrons. The Morgan fingerprint density at radius 3 is 2.57 bits per heavy atom. The fourth-order valence-electron chi connectivity index (χ4n) is 4.38. The number of ether oxygens (including phenoxy) is 2. The van der Waals surface area contributed by atoms with Gasteiger partial charge < -0.3 is 29.2 Å². The SMILES string of the molecule is COc1cc(O)c2c(=O)c3c(oc2c1)-c1c(O)cc(O)c2c1[C@H](C3)C(C)(C)O2. The number of hydrogen-bond acceptors (Lipinski definition) is 7. The highest BCUT2D eigenvalue weighted by Crippen LogP contribution is 2.59. The summed E-state index contributed by atoms with van der Waals surface area (Å²) in [6.07, 6.45) is 0.301. The van der Waals surface area contributed by atoms with Crippen molar-refractivity contribution in [3.8, 4) is 40.1 Å². The Labute approximate surface area is 159 Å². The first-order valence-electron chi connectivity index (χ1n) is 8.88. The van der Waals surface area contributed by atoms with Crippen molar-refractivity contribution < 1.29 is 29.2 Å². The molecule has 1 atom stereocenters. The maximum absolute atomic E-state index is 13.2. The third-order valence-corrected chi connectivity index (χ3v) is 5.74. The number of phenols is 3. The summed E-state index contributed by atoms with van der Waals surface area (Å²) in [5.74, 6) is 0.0152. The molecule has 2 aliphatic rings. The maximum Gasteiger partial charge on any atom is 0.200 e. The van der Waals surface area contributed by atoms with Crippen molar-refractivity contribution in [3.05, 3.63) is 39.5 Å². The predicted molar refractivity (Wildman–Crippen MR) is 101 cm³/mol. The lowest BCUT2D eigenvalue weighted by Crippen LogP contribution is -2.34. The highest BCUT2D eigenvalue weighted by atomic mass is 16.5. The van der Waals surface area contributed by atoms with Crippen LogP contribution in [-0.2, 0) is 6.42 Å². The molecule has 1 aromatic heterocycles. The maximum atomic E-state index is 13.2. The van der Waals surface area contributed by atoms with Gasteiger partial charge in [-0.05, 0) is 20.3 Å². The van der Waals surface area contributed by atoms with E-state index in [4.69, 9.17) is 13.9 Å². The van der Waals surface area contributed by atoms with E-state index in [9.17, 15) is 20.1 Å². The minimum absolute atomic E-state index is 0.0678. The molecule has 0 spiro atoms. The molecule has 28 heavy (non-hydrogen) atoms. The number of hydrogen-bond donors (Lipinski definition) is 3. The average molecular weight is 382 g/mol. The van der Waals surface area contributed by atoms with Crippen LogP contribution in [0.2, 0.25) is 0 Å². The van der Waals surface area contributed by atoms with Gasteiger partial charge in [-0.3, -0.25) is 4.79 Å². The van der Waals surface area contributed by atoms with E-state index >= 15 is 0 Å². The van der Waals surface area contributed by atoms with Crippen molar-refractivity contribution in [1.82, 2.24) is 0 Å². The van der Waals surface area contributed by atoms with Crippen molar-refractivity contribution in [2.24, 2.45) is 0 Å². The van der Waals surface area contributed by atoms with Gasteiger partial charge in [0.05, 0.1) is 12.7 Å². The molecule has 0 bridgehead atoms. The lowest BCUT2D eigenvalue weighted by atomic mass is 9.75. The summed E-state index contributed by atoms with van der Waals surface area (Å²) < 4.78 is 17.1. The number of phenolic OH excluding ortho intramolecular Hbond substituents is 3. The fraction of sp³-hybridized carbons (Fsp3) is 0.286. The molecule has 3 N–H and O–H groups in total. The van der Waals surface area contributed by atoms with Gasteiger partial charge in [0, 0.05) is 35.2 Å². The fourth-order valence-corrected chi connectivity index (χ4v) is 4.38. The van der Waals surface area contributed by atoms with E-state index in [0.717, 1.165) is 0 Å². The van der Waals surface area contributed by atoms with Gasteiger partial charge in [-0.15, -0.1) is 0 Å². The third-order valence-electron chi connectivity index (χ3n) is 5.74. The van der Waals surface area contributed by atoms with Crippen LogP contribution in [0, 0.1) is 0 Å². The Kier molecular flexibility index (Phi) is 3.08. The first kappa shape index (κ1) is 16.8. The van der Waals surface area contributed by atoms with Crippen LogP contribution in [0.3, 0.4) is 0 Å². The van der Waals surface area contributed by atoms with Crippen molar-refractivity contribution in [2.75, 3.05) is 7.11 Å². The van der Waals surface area contributed by atoms with E-state index in [1.165, 1.54) is 25.3 Å². The third kappa shape index (κ3) is 1.96. The van der Waals surface area contributed by atoms with Gasteiger partial charge in [0.25, 0.3) is 0 Å². The van der Waals surface area contributed by atoms with Gasteiger partial charge >= 0.3 is 0 Å². The molecule has 0 saturated carbocycles. The van der Waals surface area contributed by atoms with E-state index in [0.29, 0.717) is 34.6 Å². The summed E-state index contributed by atoms with van der Waals surface area (Å²) in [4.78, 5) is 13.2. The average Bonchev–Trinajstić information content (AvgIpc) is 2.90. The molecule has 0 unspecified atom stereocenters. The Bertz CT molecular complexity index is 1240. The van der Waals surface area contributed by atoms with E-state index in [2.05, 4.69) is 0 Å². The van der Waals surface area contributed by atoms with Gasteiger partial charge in [0.1, 0.15) is 39.6 Å². The van der Waals surface area contributed by atoms with Crippen molar-refractivity contribution in [3.63, 3.8) is 0 Å². The minimum atomic E-state index is -0.691. The van der Waals surface area contributed by atoms with E-state index in [1.807, 2.05) is 13.8 Å². The first-order chi connectivity index (χ1) is 13.2. The topological polar surface area (TPSA) is 109 Å². The zero-order valence-corrected chi connectivity index (χ0v) is 15.5. The Morgan fingerprint density at radius 1 is 1.11 bits per heavy atom. The first-order valence-corrected chi connectivity index (χ1v) is 8.88. The molecule has 2 aromatic carbocycles. The summed E-state index contributed by atoms with van der Waals surface area (Å²) in [7, 11) is 1.44. The molecule has 1 aliphatic heterocycles. The summed E-state index contributed by atoms with van der Waals surface area (Å²) in [5.41, 5.74) is 0.424. The molecular weight excluding hydrogens is 364 g/mol. The molecular formula is C21H18O7. The number of rotatable bonds is 1. The van der Waals surface area contributed by atoms with Gasteiger partial charge in [-0.2, -0.15) is 0 Å². The molecule has 7 heteroatoms. The molecule has 2 heterocycles. The summed E-state index contributed by atoms with van der Waals surface area (Å²) in [6.45, 7) is 3.74. The number of methoxy groups -OCH3 is 1. The molecule has 1 aliphatic carbocycles. The minimum Gasteiger partial charge on any atom is -0.507 e. The lowest BCUT2D eigenvalue weighted by molar-refractivity contribution is 0.106. The van der Waals surface area contributed by atoms with Crippen molar-refractivity contribution >= 4 is 11.0 Å². The van der Waals surface area contributed by atoms with Crippen LogP contribution in [0.5, 0.6) is 28.7 Å². The second-order valence-corrected chi connectivity index (χ2v) is 7.75. The van der Waals surface area contributed by atoms with Crippen LogP contribution in [0.1, 0.15) is 30.9 Å². The monoisotopic (exact) mass is 382 g/mol. The zero-order chi connectivity index (χ0) is 20.0. The number of aromatic hydroxyl groups is 3. The molecule has 0 radical (unpaired) electrons. The molecule has 0 saturated heterocycles. The van der Waals surface area contributed by atoms with Crippen LogP contribution in [0.25, 0.3) is 22.3 Å². The summed E-state index contributed by atoms with van der Waals surface area (Å²) in [5, 5.41) is 31.3. The quantitative estimate of drug-likeness (QED) is 0.592. The molecule has 0 amide bonds. The van der Waals surface area contributed by atoms with E-state index in [1.54, 1.807) is 0 Å². The molecule has 0 fully saturated rings. The van der Waals surface area contributed by atoms with Gasteiger partial charge in [0.2, 0.25) is 0 Å². The van der Waals surface area contributed by atoms with Crippen molar-refractivity contribution in [1.29, 1.82) is 0 Å². The van der Waals surface area contributed by atoms with Crippen LogP contribution in [0.15, 0.2) is 27.4 Å². The molecule has 5 rings (SSSR count). The Morgan fingerprint density at radius 2 is 1.86 bits per heavy atom. The van der Waals surface area contributed by atoms with Gasteiger partial charge in [-0.1, -0.05) is 0 Å². The normalized spacial score (nSPS) is 18.5. The zero-order valence-electron chi connectivity index (χ0n) is 15.5. The highest BCUT2D eigenvalue weighted by Gasteiger charge is 2.49. The standard InChI is InChI=1S/C21H18O7/c1-21(2)10-6-9-18(25)16-11(22)4-8(26-3)5-14(16)27-19(9)17-12(23)7-13(24)20(28-21)15(10)17/h4-5,7,10,22-24H,6H2,1-3H3/t10-/m0/s1. The molecule has 3 aromatic rings. The van der Waals surface area contributed by atoms with Gasteiger partial charge in [-0.25, -0.2) is 0 Å². The van der Waals surface area contributed by atoms with Crippen LogP contribution < -0.4 is 14.9 Å². The van der Waals surface area contributed by atoms with E-state index in [-0.39, 0.29) is 45.3 Å². The smallest absolute Gasteiger partial charge is 0.200 e. The van der Waals surface area contributed by atoms with Crippen molar-refractivity contribution in [2.45, 2.75) is 31.8 Å². The second kappa shape index (κ2) is 5.13. The van der Waals surface area contributed by atoms with E-state index < -0.39 is 5.60 Å². The van der Waals surface area contributed by atoms with Gasteiger partial charge in [0.15, 0.2) is 16.9 Å². The summed E-state index contributed by atoms with van der Waals surface area (Å²) >= 11 is 0. The van der Waals surface area contributed by atoms with Crippen LogP contribution in [-0.4, -0.2) is 28.0 Å². The number of benzene rings is 2. The lowest BCUT2D eigenvalue weighted by Gasteiger charge is -2.30. The summed E-state index contributed by atoms with van der Waals surface area (Å²) in [6, 6.07) is 4.06. The Hall–Kier alpha value is -3.35. The number of fused-ring (bicyclic) bond motifs is 3. The second-order valence-electron chi connectivity index (χ2n) is 7.75. The van der Waals surface area contributed by atoms with Crippen LogP contribution in [0.4, 0.5) is 0 Å². The highest BCUT2D eigenvalue weighted by molar-refractivity contribution is 5.90. The molecule has 7 nitrogen and oxygen atoms in total. The largest absolute Gasteiger partial charge is 0.507 e. The Balaban J connectivity index is 1.92. The predicted octanol–water partition coefficient (Wildman–Crippen LogP) is 3.40. The van der Waals surface area contributed by atoms with Crippen LogP contribution >= 0.6 is 0 Å².